The number of aryl methyl sites for hydroxylation is 2. The molecule has 2 unspecified atom stereocenters. The number of ether oxygens (including phenoxy) is 1. The summed E-state index contributed by atoms with van der Waals surface area (Å²) in [6.07, 6.45) is 3.20. The van der Waals surface area contributed by atoms with Crippen molar-refractivity contribution < 1.29 is 9.66 Å². The highest BCUT2D eigenvalue weighted by molar-refractivity contribution is 5.60. The number of hydrogen-bond donors (Lipinski definition) is 1. The SMILES string of the molecule is CCC1CC(Nc2cc([N+](=O)[O-])c(C)cc2C)CCO1. The molecule has 5 nitrogen and oxygen atoms in total. The molecular weight excluding hydrogens is 256 g/mol. The normalized spacial score (nSPS) is 22.6. The topological polar surface area (TPSA) is 64.4 Å². The van der Waals surface area contributed by atoms with Crippen molar-refractivity contribution in [2.24, 2.45) is 0 Å². The van der Waals surface area contributed by atoms with Gasteiger partial charge in [-0.05, 0) is 44.7 Å². The maximum atomic E-state index is 11.0. The lowest BCUT2D eigenvalue weighted by Crippen LogP contribution is -2.33. The number of nitrogens with one attached hydrogen (secondary N) is 1. The van der Waals surface area contributed by atoms with E-state index in [1.54, 1.807) is 13.0 Å². The lowest BCUT2D eigenvalue weighted by Gasteiger charge is -2.30. The van der Waals surface area contributed by atoms with Crippen LogP contribution in [0.2, 0.25) is 0 Å². The maximum Gasteiger partial charge on any atom is 0.274 e. The summed E-state index contributed by atoms with van der Waals surface area (Å²) < 4.78 is 5.66. The van der Waals surface area contributed by atoms with Gasteiger partial charge in [-0.15, -0.1) is 0 Å². The minimum atomic E-state index is -0.321. The zero-order valence-electron chi connectivity index (χ0n) is 12.3. The van der Waals surface area contributed by atoms with Gasteiger partial charge in [0.05, 0.1) is 11.0 Å². The molecule has 1 aromatic rings. The molecule has 0 bridgehead atoms. The summed E-state index contributed by atoms with van der Waals surface area (Å²) >= 11 is 0. The van der Waals surface area contributed by atoms with Gasteiger partial charge in [-0.3, -0.25) is 10.1 Å². The Balaban J connectivity index is 2.16. The van der Waals surface area contributed by atoms with Crippen LogP contribution < -0.4 is 5.32 Å². The Morgan fingerprint density at radius 2 is 2.15 bits per heavy atom. The molecule has 1 aliphatic rings. The molecule has 1 saturated heterocycles. The van der Waals surface area contributed by atoms with E-state index in [0.717, 1.165) is 37.1 Å². The van der Waals surface area contributed by atoms with Crippen LogP contribution in [-0.2, 0) is 4.74 Å². The first-order chi connectivity index (χ1) is 9.51. The maximum absolute atomic E-state index is 11.0. The molecule has 1 fully saturated rings. The largest absolute Gasteiger partial charge is 0.382 e. The zero-order chi connectivity index (χ0) is 14.7. The van der Waals surface area contributed by atoms with Gasteiger partial charge in [0.15, 0.2) is 0 Å². The summed E-state index contributed by atoms with van der Waals surface area (Å²) in [6.45, 7) is 6.63. The van der Waals surface area contributed by atoms with Crippen molar-refractivity contribution in [3.8, 4) is 0 Å². The van der Waals surface area contributed by atoms with E-state index in [9.17, 15) is 10.1 Å². The molecule has 0 aliphatic carbocycles. The highest BCUT2D eigenvalue weighted by atomic mass is 16.6. The smallest absolute Gasteiger partial charge is 0.274 e. The molecule has 110 valence electrons. The van der Waals surface area contributed by atoms with Crippen molar-refractivity contribution in [1.29, 1.82) is 0 Å². The molecule has 1 aromatic carbocycles. The van der Waals surface area contributed by atoms with E-state index in [4.69, 9.17) is 4.74 Å². The predicted molar refractivity (Wildman–Crippen MR) is 79.2 cm³/mol. The molecular formula is C15H22N2O3. The van der Waals surface area contributed by atoms with Crippen LogP contribution in [0, 0.1) is 24.0 Å². The highest BCUT2D eigenvalue weighted by Gasteiger charge is 2.22. The van der Waals surface area contributed by atoms with Crippen LogP contribution in [0.25, 0.3) is 0 Å². The van der Waals surface area contributed by atoms with Crippen LogP contribution in [0.1, 0.15) is 37.3 Å². The van der Waals surface area contributed by atoms with Gasteiger partial charge in [-0.2, -0.15) is 0 Å². The van der Waals surface area contributed by atoms with Gasteiger partial charge >= 0.3 is 0 Å². The van der Waals surface area contributed by atoms with Crippen molar-refractivity contribution in [1.82, 2.24) is 0 Å². The van der Waals surface area contributed by atoms with Crippen molar-refractivity contribution in [2.45, 2.75) is 52.2 Å². The van der Waals surface area contributed by atoms with Crippen LogP contribution >= 0.6 is 0 Å². The summed E-state index contributed by atoms with van der Waals surface area (Å²) in [7, 11) is 0. The van der Waals surface area contributed by atoms with Gasteiger partial charge in [-0.25, -0.2) is 0 Å². The molecule has 0 saturated carbocycles. The number of hydrogen-bond acceptors (Lipinski definition) is 4. The molecule has 2 rings (SSSR count). The molecule has 20 heavy (non-hydrogen) atoms. The molecule has 0 amide bonds. The number of rotatable bonds is 4. The summed E-state index contributed by atoms with van der Waals surface area (Å²) in [6, 6.07) is 3.85. The average molecular weight is 278 g/mol. The highest BCUT2D eigenvalue weighted by Crippen LogP contribution is 2.28. The predicted octanol–water partition coefficient (Wildman–Crippen LogP) is 3.58. The second-order valence-corrected chi connectivity index (χ2v) is 5.48. The molecule has 0 radical (unpaired) electrons. The van der Waals surface area contributed by atoms with E-state index < -0.39 is 0 Å². The van der Waals surface area contributed by atoms with Crippen molar-refractivity contribution in [3.05, 3.63) is 33.4 Å². The quantitative estimate of drug-likeness (QED) is 0.675. The monoisotopic (exact) mass is 278 g/mol. The third-order valence-corrected chi connectivity index (χ3v) is 3.92. The van der Waals surface area contributed by atoms with Gasteiger partial charge in [0.25, 0.3) is 5.69 Å². The fourth-order valence-corrected chi connectivity index (χ4v) is 2.71. The van der Waals surface area contributed by atoms with E-state index in [1.165, 1.54) is 0 Å². The van der Waals surface area contributed by atoms with Gasteiger partial charge < -0.3 is 10.1 Å². The van der Waals surface area contributed by atoms with Gasteiger partial charge in [0, 0.05) is 30.0 Å². The van der Waals surface area contributed by atoms with Crippen molar-refractivity contribution in [2.75, 3.05) is 11.9 Å². The molecule has 1 N–H and O–H groups in total. The number of nitro benzene ring substituents is 1. The first kappa shape index (κ1) is 14.8. The second kappa shape index (κ2) is 6.22. The molecule has 5 heteroatoms. The Hall–Kier alpha value is -1.62. The van der Waals surface area contributed by atoms with Crippen LogP contribution in [0.3, 0.4) is 0 Å². The van der Waals surface area contributed by atoms with Gasteiger partial charge in [0.2, 0.25) is 0 Å². The Kier molecular flexibility index (Phi) is 4.60. The van der Waals surface area contributed by atoms with Crippen LogP contribution in [0.4, 0.5) is 11.4 Å². The molecule has 1 heterocycles. The Bertz CT molecular complexity index is 502. The summed E-state index contributed by atoms with van der Waals surface area (Å²) in [5.41, 5.74) is 2.80. The molecule has 0 aromatic heterocycles. The second-order valence-electron chi connectivity index (χ2n) is 5.48. The number of benzene rings is 1. The van der Waals surface area contributed by atoms with Crippen molar-refractivity contribution in [3.63, 3.8) is 0 Å². The Morgan fingerprint density at radius 3 is 2.80 bits per heavy atom. The third-order valence-electron chi connectivity index (χ3n) is 3.92. The van der Waals surface area contributed by atoms with Crippen LogP contribution in [0.15, 0.2) is 12.1 Å². The fourth-order valence-electron chi connectivity index (χ4n) is 2.71. The summed E-state index contributed by atoms with van der Waals surface area (Å²) in [4.78, 5) is 10.7. The van der Waals surface area contributed by atoms with Crippen LogP contribution in [-0.4, -0.2) is 23.7 Å². The third kappa shape index (κ3) is 3.28. The van der Waals surface area contributed by atoms with E-state index in [0.29, 0.717) is 17.7 Å². The molecule has 0 spiro atoms. The molecule has 2 atom stereocenters. The number of anilines is 1. The Labute approximate surface area is 119 Å². The van der Waals surface area contributed by atoms with E-state index in [-0.39, 0.29) is 10.6 Å². The molecule has 1 aliphatic heterocycles. The number of nitro groups is 1. The van der Waals surface area contributed by atoms with Crippen molar-refractivity contribution >= 4 is 11.4 Å². The first-order valence-corrected chi connectivity index (χ1v) is 7.15. The lowest BCUT2D eigenvalue weighted by molar-refractivity contribution is -0.385. The Morgan fingerprint density at radius 1 is 1.40 bits per heavy atom. The number of nitrogens with zero attached hydrogens (tertiary/aromatic N) is 1. The van der Waals surface area contributed by atoms with E-state index in [1.807, 2.05) is 13.0 Å². The lowest BCUT2D eigenvalue weighted by atomic mass is 10.00. The minimum absolute atomic E-state index is 0.178. The van der Waals surface area contributed by atoms with E-state index in [2.05, 4.69) is 12.2 Å². The van der Waals surface area contributed by atoms with E-state index >= 15 is 0 Å². The minimum Gasteiger partial charge on any atom is -0.382 e. The summed E-state index contributed by atoms with van der Waals surface area (Å²) in [5.74, 6) is 0. The standard InChI is InChI=1S/C15H22N2O3/c1-4-13-8-12(5-6-20-13)16-14-9-15(17(18)19)11(3)7-10(14)2/h7,9,12-13,16H,4-6,8H2,1-3H3. The first-order valence-electron chi connectivity index (χ1n) is 7.15. The van der Waals surface area contributed by atoms with Crippen LogP contribution in [0.5, 0.6) is 0 Å². The van der Waals surface area contributed by atoms with Gasteiger partial charge in [-0.1, -0.05) is 6.92 Å². The zero-order valence-corrected chi connectivity index (χ0v) is 12.3. The van der Waals surface area contributed by atoms with Gasteiger partial charge in [0.1, 0.15) is 0 Å². The fraction of sp³-hybridized carbons (Fsp3) is 0.600. The average Bonchev–Trinajstić information content (AvgIpc) is 2.41. The summed E-state index contributed by atoms with van der Waals surface area (Å²) in [5, 5.41) is 14.5.